The van der Waals surface area contributed by atoms with Gasteiger partial charge in [0.2, 0.25) is 11.8 Å². The first-order valence-electron chi connectivity index (χ1n) is 7.09. The summed E-state index contributed by atoms with van der Waals surface area (Å²) >= 11 is 0. The van der Waals surface area contributed by atoms with Crippen molar-refractivity contribution in [1.82, 2.24) is 9.97 Å². The van der Waals surface area contributed by atoms with Crippen LogP contribution in [-0.2, 0) is 0 Å². The smallest absolute Gasteiger partial charge is 0.332 e. The lowest BCUT2D eigenvalue weighted by molar-refractivity contribution is -0.385. The zero-order chi connectivity index (χ0) is 14.7. The van der Waals surface area contributed by atoms with Gasteiger partial charge in [0.15, 0.2) is 0 Å². The molecule has 1 aliphatic heterocycles. The van der Waals surface area contributed by atoms with Crippen LogP contribution < -0.4 is 10.6 Å². The molecule has 1 atom stereocenters. The Hall–Kier alpha value is -1.92. The molecular formula is C13H21N5O2. The van der Waals surface area contributed by atoms with Crippen molar-refractivity contribution in [2.24, 2.45) is 0 Å². The van der Waals surface area contributed by atoms with Crippen LogP contribution in [0.3, 0.4) is 0 Å². The van der Waals surface area contributed by atoms with Crippen LogP contribution in [-0.4, -0.2) is 27.5 Å². The van der Waals surface area contributed by atoms with Crippen LogP contribution in [0.25, 0.3) is 0 Å². The zero-order valence-electron chi connectivity index (χ0n) is 12.0. The third kappa shape index (κ3) is 2.81. The molecule has 1 aromatic rings. The number of rotatable bonds is 3. The molecule has 0 radical (unpaired) electrons. The van der Waals surface area contributed by atoms with Crippen molar-refractivity contribution in [3.8, 4) is 0 Å². The van der Waals surface area contributed by atoms with Gasteiger partial charge in [-0.2, -0.15) is 4.98 Å². The maximum Gasteiger partial charge on any atom is 0.332 e. The molecule has 20 heavy (non-hydrogen) atoms. The quantitative estimate of drug-likeness (QED) is 0.674. The number of hydrogen-bond acceptors (Lipinski definition) is 6. The van der Waals surface area contributed by atoms with E-state index in [9.17, 15) is 10.1 Å². The average Bonchev–Trinajstić information content (AvgIpc) is 2.61. The first kappa shape index (κ1) is 14.5. The Morgan fingerprint density at radius 1 is 1.40 bits per heavy atom. The molecule has 0 spiro atoms. The van der Waals surface area contributed by atoms with Gasteiger partial charge in [0, 0.05) is 12.6 Å². The molecule has 0 aliphatic carbocycles. The summed E-state index contributed by atoms with van der Waals surface area (Å²) in [6.45, 7) is 4.50. The highest BCUT2D eigenvalue weighted by molar-refractivity contribution is 5.62. The number of nitrogen functional groups attached to an aromatic ring is 1. The van der Waals surface area contributed by atoms with Crippen molar-refractivity contribution in [3.63, 3.8) is 0 Å². The monoisotopic (exact) mass is 279 g/mol. The second-order valence-corrected chi connectivity index (χ2v) is 5.20. The Kier molecular flexibility index (Phi) is 4.36. The van der Waals surface area contributed by atoms with Crippen molar-refractivity contribution < 1.29 is 4.92 Å². The Balaban J connectivity index is 2.50. The number of nitrogens with zero attached hydrogens (tertiary/aromatic N) is 4. The van der Waals surface area contributed by atoms with Crippen LogP contribution in [0, 0.1) is 17.0 Å². The summed E-state index contributed by atoms with van der Waals surface area (Å²) in [5.41, 5.74) is 6.01. The number of aromatic nitrogens is 2. The van der Waals surface area contributed by atoms with Crippen molar-refractivity contribution in [2.45, 2.75) is 52.0 Å². The molecule has 7 heteroatoms. The summed E-state index contributed by atoms with van der Waals surface area (Å²) in [6, 6.07) is 0.282. The van der Waals surface area contributed by atoms with E-state index in [-0.39, 0.29) is 17.7 Å². The van der Waals surface area contributed by atoms with Gasteiger partial charge in [-0.25, -0.2) is 4.98 Å². The Labute approximate surface area is 118 Å². The van der Waals surface area contributed by atoms with E-state index in [4.69, 9.17) is 5.73 Å². The van der Waals surface area contributed by atoms with Crippen molar-refractivity contribution in [1.29, 1.82) is 0 Å². The minimum Gasteiger partial charge on any atom is -0.368 e. The Morgan fingerprint density at radius 3 is 2.80 bits per heavy atom. The van der Waals surface area contributed by atoms with Gasteiger partial charge in [0.25, 0.3) is 0 Å². The van der Waals surface area contributed by atoms with Crippen molar-refractivity contribution >= 4 is 17.5 Å². The minimum atomic E-state index is -0.401. The molecule has 7 nitrogen and oxygen atoms in total. The van der Waals surface area contributed by atoms with Crippen LogP contribution >= 0.6 is 0 Å². The standard InChI is InChI=1S/C13H21N5O2/c1-3-10-7-5-4-6-8-17(10)12-11(18(19)20)9(2)15-13(14)16-12/h10H,3-8H2,1-2H3,(H2,14,15,16). The van der Waals surface area contributed by atoms with Gasteiger partial charge in [-0.3, -0.25) is 10.1 Å². The van der Waals surface area contributed by atoms with E-state index in [1.54, 1.807) is 6.92 Å². The molecule has 1 aromatic heterocycles. The first-order valence-corrected chi connectivity index (χ1v) is 7.09. The van der Waals surface area contributed by atoms with Crippen molar-refractivity contribution in [3.05, 3.63) is 15.8 Å². The summed E-state index contributed by atoms with van der Waals surface area (Å²) < 4.78 is 0. The molecule has 2 heterocycles. The van der Waals surface area contributed by atoms with Crippen LogP contribution in [0.2, 0.25) is 0 Å². The zero-order valence-corrected chi connectivity index (χ0v) is 12.0. The lowest BCUT2D eigenvalue weighted by Crippen LogP contribution is -2.36. The second-order valence-electron chi connectivity index (χ2n) is 5.20. The SMILES string of the molecule is CCC1CCCCCN1c1nc(N)nc(C)c1[N+](=O)[O-]. The van der Waals surface area contributed by atoms with Gasteiger partial charge in [-0.15, -0.1) is 0 Å². The molecule has 0 aromatic carbocycles. The molecule has 0 saturated carbocycles. The molecule has 110 valence electrons. The van der Waals surface area contributed by atoms with E-state index in [2.05, 4.69) is 21.8 Å². The van der Waals surface area contributed by atoms with Crippen molar-refractivity contribution in [2.75, 3.05) is 17.2 Å². The third-order valence-corrected chi connectivity index (χ3v) is 3.86. The maximum atomic E-state index is 11.3. The summed E-state index contributed by atoms with van der Waals surface area (Å²) in [5, 5.41) is 11.3. The average molecular weight is 279 g/mol. The summed E-state index contributed by atoms with van der Waals surface area (Å²) in [7, 11) is 0. The summed E-state index contributed by atoms with van der Waals surface area (Å²) in [5.74, 6) is 0.482. The fourth-order valence-electron chi connectivity index (χ4n) is 2.87. The predicted molar refractivity (Wildman–Crippen MR) is 77.7 cm³/mol. The first-order chi connectivity index (χ1) is 9.54. The summed E-state index contributed by atoms with van der Waals surface area (Å²) in [6.07, 6.45) is 5.32. The number of aryl methyl sites for hydroxylation is 1. The van der Waals surface area contributed by atoms with Gasteiger partial charge >= 0.3 is 5.69 Å². The van der Waals surface area contributed by atoms with Crippen LogP contribution in [0.15, 0.2) is 0 Å². The molecule has 1 aliphatic rings. The van der Waals surface area contributed by atoms with E-state index in [1.807, 2.05) is 0 Å². The highest BCUT2D eigenvalue weighted by atomic mass is 16.6. The minimum absolute atomic E-state index is 0.0143. The molecule has 2 rings (SSSR count). The van der Waals surface area contributed by atoms with E-state index in [0.29, 0.717) is 11.5 Å². The Morgan fingerprint density at radius 2 is 2.15 bits per heavy atom. The second kappa shape index (κ2) is 6.02. The molecule has 1 saturated heterocycles. The molecular weight excluding hydrogens is 258 g/mol. The van der Waals surface area contributed by atoms with Crippen LogP contribution in [0.1, 0.15) is 44.7 Å². The fraction of sp³-hybridized carbons (Fsp3) is 0.692. The van der Waals surface area contributed by atoms with E-state index >= 15 is 0 Å². The predicted octanol–water partition coefficient (Wildman–Crippen LogP) is 2.43. The fourth-order valence-corrected chi connectivity index (χ4v) is 2.87. The van der Waals surface area contributed by atoms with E-state index in [0.717, 1.165) is 38.6 Å². The van der Waals surface area contributed by atoms with Gasteiger partial charge in [-0.05, 0) is 26.2 Å². The van der Waals surface area contributed by atoms with Gasteiger partial charge < -0.3 is 10.6 Å². The van der Waals surface area contributed by atoms with Gasteiger partial charge in [0.1, 0.15) is 5.69 Å². The lowest BCUT2D eigenvalue weighted by Gasteiger charge is -2.30. The molecule has 0 amide bonds. The summed E-state index contributed by atoms with van der Waals surface area (Å²) in [4.78, 5) is 21.1. The Bertz CT molecular complexity index is 506. The molecule has 1 fully saturated rings. The van der Waals surface area contributed by atoms with Gasteiger partial charge in [-0.1, -0.05) is 19.8 Å². The number of nitro groups is 1. The van der Waals surface area contributed by atoms with E-state index in [1.165, 1.54) is 0 Å². The molecule has 1 unspecified atom stereocenters. The number of nitrogens with two attached hydrogens (primary N) is 1. The van der Waals surface area contributed by atoms with Crippen LogP contribution in [0.5, 0.6) is 0 Å². The maximum absolute atomic E-state index is 11.3. The largest absolute Gasteiger partial charge is 0.368 e. The molecule has 0 bridgehead atoms. The lowest BCUT2D eigenvalue weighted by atomic mass is 10.1. The van der Waals surface area contributed by atoms with Crippen LogP contribution in [0.4, 0.5) is 17.5 Å². The highest BCUT2D eigenvalue weighted by Crippen LogP contribution is 2.33. The normalized spacial score (nSPS) is 19.7. The third-order valence-electron chi connectivity index (χ3n) is 3.86. The molecule has 2 N–H and O–H groups in total. The van der Waals surface area contributed by atoms with Gasteiger partial charge in [0.05, 0.1) is 4.92 Å². The highest BCUT2D eigenvalue weighted by Gasteiger charge is 2.30. The topological polar surface area (TPSA) is 98.2 Å². The number of anilines is 2. The van der Waals surface area contributed by atoms with E-state index < -0.39 is 4.92 Å². The number of hydrogen-bond donors (Lipinski definition) is 1.